The zero-order chi connectivity index (χ0) is 13.1. The Morgan fingerprint density at radius 2 is 1.72 bits per heavy atom. The molecule has 91 valence electrons. The molecular weight excluding hydrogens is 254 g/mol. The molecule has 2 aromatic rings. The number of hydrogen-bond donors (Lipinski definition) is 0. The molecule has 0 nitrogen and oxygen atoms in total. The van der Waals surface area contributed by atoms with Gasteiger partial charge in [0.05, 0.1) is 0 Å². The van der Waals surface area contributed by atoms with E-state index in [2.05, 4.69) is 12.7 Å². The number of hydrogen-bond acceptors (Lipinski definition) is 0. The van der Waals surface area contributed by atoms with Crippen molar-refractivity contribution in [2.75, 3.05) is 0 Å². The summed E-state index contributed by atoms with van der Waals surface area (Å²) in [5.41, 5.74) is 1.98. The second-order valence-electron chi connectivity index (χ2n) is 3.90. The van der Waals surface area contributed by atoms with Gasteiger partial charge in [0, 0.05) is 16.7 Å². The van der Waals surface area contributed by atoms with Crippen LogP contribution in [-0.4, -0.2) is 0 Å². The molecule has 0 aliphatic carbocycles. The van der Waals surface area contributed by atoms with Gasteiger partial charge in [-0.25, -0.2) is 8.78 Å². The lowest BCUT2D eigenvalue weighted by Gasteiger charge is -2.07. The highest BCUT2D eigenvalue weighted by Crippen LogP contribution is 2.30. The molecule has 0 saturated carbocycles. The minimum Gasteiger partial charge on any atom is -0.207 e. The van der Waals surface area contributed by atoms with Crippen molar-refractivity contribution in [3.05, 3.63) is 71.3 Å². The van der Waals surface area contributed by atoms with Crippen LogP contribution in [0.15, 0.2) is 43.0 Å². The predicted molar refractivity (Wildman–Crippen MR) is 69.4 cm³/mol. The van der Waals surface area contributed by atoms with Crippen LogP contribution < -0.4 is 0 Å². The quantitative estimate of drug-likeness (QED) is 0.745. The third kappa shape index (κ3) is 2.77. The fourth-order valence-corrected chi connectivity index (χ4v) is 2.07. The summed E-state index contributed by atoms with van der Waals surface area (Å²) in [5.74, 6) is -1.24. The molecule has 0 aromatic heterocycles. The first-order valence-electron chi connectivity index (χ1n) is 5.35. The second-order valence-corrected chi connectivity index (χ2v) is 4.31. The van der Waals surface area contributed by atoms with Crippen molar-refractivity contribution >= 4 is 11.6 Å². The lowest BCUT2D eigenvalue weighted by molar-refractivity contribution is 0.584. The highest BCUT2D eigenvalue weighted by molar-refractivity contribution is 6.33. The Morgan fingerprint density at radius 1 is 1.06 bits per heavy atom. The summed E-state index contributed by atoms with van der Waals surface area (Å²) < 4.78 is 26.3. The Balaban J connectivity index is 2.47. The van der Waals surface area contributed by atoms with Crippen LogP contribution in [0.4, 0.5) is 8.78 Å². The van der Waals surface area contributed by atoms with E-state index < -0.39 is 11.6 Å². The van der Waals surface area contributed by atoms with Gasteiger partial charge in [-0.3, -0.25) is 0 Å². The Bertz CT molecular complexity index is 571. The van der Waals surface area contributed by atoms with E-state index in [0.29, 0.717) is 22.6 Å². The molecule has 0 N–H and O–H groups in total. The van der Waals surface area contributed by atoms with Crippen molar-refractivity contribution in [1.82, 2.24) is 0 Å². The van der Waals surface area contributed by atoms with E-state index in [9.17, 15) is 8.78 Å². The van der Waals surface area contributed by atoms with Gasteiger partial charge in [-0.05, 0) is 41.8 Å². The largest absolute Gasteiger partial charge is 0.207 e. The molecule has 0 aliphatic rings. The van der Waals surface area contributed by atoms with Crippen LogP contribution in [0.2, 0.25) is 5.02 Å². The number of rotatable bonds is 3. The number of halogens is 3. The van der Waals surface area contributed by atoms with Crippen LogP contribution in [0.1, 0.15) is 5.56 Å². The maximum absolute atomic E-state index is 13.1. The second kappa shape index (κ2) is 5.32. The summed E-state index contributed by atoms with van der Waals surface area (Å²) in [4.78, 5) is 0. The fraction of sp³-hybridized carbons (Fsp3) is 0.0667. The van der Waals surface area contributed by atoms with Crippen LogP contribution in [0.25, 0.3) is 11.1 Å². The van der Waals surface area contributed by atoms with Crippen molar-refractivity contribution in [2.24, 2.45) is 0 Å². The SMILES string of the molecule is C=[C]Cc1ccc(-c2cc(F)cc(F)c2)c(Cl)c1. The first-order valence-corrected chi connectivity index (χ1v) is 5.73. The topological polar surface area (TPSA) is 0 Å². The summed E-state index contributed by atoms with van der Waals surface area (Å²) in [7, 11) is 0. The van der Waals surface area contributed by atoms with Crippen molar-refractivity contribution in [1.29, 1.82) is 0 Å². The van der Waals surface area contributed by atoms with Crippen molar-refractivity contribution in [3.8, 4) is 11.1 Å². The third-order valence-electron chi connectivity index (χ3n) is 2.54. The molecule has 0 atom stereocenters. The lowest BCUT2D eigenvalue weighted by atomic mass is 10.0. The van der Waals surface area contributed by atoms with E-state index in [4.69, 9.17) is 11.6 Å². The van der Waals surface area contributed by atoms with Gasteiger partial charge in [-0.2, -0.15) is 0 Å². The average Bonchev–Trinajstić information content (AvgIpc) is 2.28. The van der Waals surface area contributed by atoms with Gasteiger partial charge >= 0.3 is 0 Å². The molecule has 3 heteroatoms. The fourth-order valence-electron chi connectivity index (χ4n) is 1.76. The molecule has 1 radical (unpaired) electrons. The van der Waals surface area contributed by atoms with Gasteiger partial charge in [-0.15, -0.1) is 0 Å². The molecule has 0 bridgehead atoms. The van der Waals surface area contributed by atoms with E-state index in [-0.39, 0.29) is 0 Å². The predicted octanol–water partition coefficient (Wildman–Crippen LogP) is 4.82. The molecule has 0 amide bonds. The van der Waals surface area contributed by atoms with Crippen LogP contribution in [0.3, 0.4) is 0 Å². The van der Waals surface area contributed by atoms with E-state index in [0.717, 1.165) is 11.6 Å². The molecule has 0 saturated heterocycles. The minimum atomic E-state index is -0.621. The monoisotopic (exact) mass is 263 g/mol. The van der Waals surface area contributed by atoms with E-state index in [1.54, 1.807) is 12.1 Å². The zero-order valence-electron chi connectivity index (χ0n) is 9.51. The first kappa shape index (κ1) is 12.8. The van der Waals surface area contributed by atoms with Gasteiger partial charge in [0.25, 0.3) is 0 Å². The molecule has 0 spiro atoms. The van der Waals surface area contributed by atoms with Crippen LogP contribution in [0, 0.1) is 17.7 Å². The standard InChI is InChI=1S/C15H10ClF2/c1-2-3-10-4-5-14(15(16)6-10)11-7-12(17)9-13(18)8-11/h4-9H,1,3H2. The molecule has 2 aromatic carbocycles. The molecule has 18 heavy (non-hydrogen) atoms. The van der Waals surface area contributed by atoms with Gasteiger partial charge in [0.2, 0.25) is 0 Å². The Hall–Kier alpha value is -1.67. The average molecular weight is 264 g/mol. The summed E-state index contributed by atoms with van der Waals surface area (Å²) in [6, 6.07) is 8.66. The highest BCUT2D eigenvalue weighted by Gasteiger charge is 2.07. The summed E-state index contributed by atoms with van der Waals surface area (Å²) in [5, 5.41) is 0.452. The molecule has 0 aliphatic heterocycles. The Labute approximate surface area is 110 Å². The molecule has 0 fully saturated rings. The van der Waals surface area contributed by atoms with Crippen LogP contribution in [0.5, 0.6) is 0 Å². The smallest absolute Gasteiger partial charge is 0.126 e. The van der Waals surface area contributed by atoms with Gasteiger partial charge in [-0.1, -0.05) is 30.3 Å². The molecule has 0 unspecified atom stereocenters. The van der Waals surface area contributed by atoms with Crippen molar-refractivity contribution < 1.29 is 8.78 Å². The van der Waals surface area contributed by atoms with Crippen LogP contribution in [-0.2, 0) is 6.42 Å². The summed E-state index contributed by atoms with van der Waals surface area (Å²) >= 11 is 6.11. The minimum absolute atomic E-state index is 0.423. The van der Waals surface area contributed by atoms with Gasteiger partial charge < -0.3 is 0 Å². The molecule has 0 heterocycles. The van der Waals surface area contributed by atoms with E-state index >= 15 is 0 Å². The number of benzene rings is 2. The van der Waals surface area contributed by atoms with Gasteiger partial charge in [0.15, 0.2) is 0 Å². The van der Waals surface area contributed by atoms with Gasteiger partial charge in [0.1, 0.15) is 11.6 Å². The zero-order valence-corrected chi connectivity index (χ0v) is 10.3. The van der Waals surface area contributed by atoms with Crippen molar-refractivity contribution in [2.45, 2.75) is 6.42 Å². The first-order chi connectivity index (χ1) is 8.60. The summed E-state index contributed by atoms with van der Waals surface area (Å²) in [6.07, 6.45) is 3.34. The van der Waals surface area contributed by atoms with E-state index in [1.807, 2.05) is 6.07 Å². The number of allylic oxidation sites excluding steroid dienone is 1. The lowest BCUT2D eigenvalue weighted by Crippen LogP contribution is -1.87. The third-order valence-corrected chi connectivity index (χ3v) is 2.85. The molecule has 2 rings (SSSR count). The van der Waals surface area contributed by atoms with E-state index in [1.165, 1.54) is 12.1 Å². The maximum atomic E-state index is 13.1. The van der Waals surface area contributed by atoms with Crippen LogP contribution >= 0.6 is 11.6 Å². The highest BCUT2D eigenvalue weighted by atomic mass is 35.5. The maximum Gasteiger partial charge on any atom is 0.126 e. The Kier molecular flexibility index (Phi) is 3.78. The Morgan fingerprint density at radius 3 is 2.28 bits per heavy atom. The normalized spacial score (nSPS) is 10.4. The summed E-state index contributed by atoms with van der Waals surface area (Å²) in [6.45, 7) is 3.52. The van der Waals surface area contributed by atoms with Crippen molar-refractivity contribution in [3.63, 3.8) is 0 Å². The molecular formula is C15H10ClF2.